The summed E-state index contributed by atoms with van der Waals surface area (Å²) in [6.45, 7) is 18.9. The smallest absolute Gasteiger partial charge is 0.203 e. The molecule has 0 heterocycles. The van der Waals surface area contributed by atoms with Crippen LogP contribution in [0, 0.1) is 23.3 Å². The Balaban J connectivity index is 2.55. The minimum absolute atomic E-state index is 0.251. The number of alkyl halides is 3. The molecule has 1 saturated carbocycles. The maximum atomic E-state index is 15.3. The fourth-order valence-corrected chi connectivity index (χ4v) is 21.0. The van der Waals surface area contributed by atoms with Crippen LogP contribution in [0.5, 0.6) is 0 Å². The topological polar surface area (TPSA) is 0 Å². The van der Waals surface area contributed by atoms with Gasteiger partial charge in [0.15, 0.2) is 23.3 Å². The van der Waals surface area contributed by atoms with E-state index in [2.05, 4.69) is 39.3 Å². The van der Waals surface area contributed by atoms with Crippen LogP contribution >= 0.6 is 0 Å². The number of benzene rings is 1. The van der Waals surface area contributed by atoms with Crippen molar-refractivity contribution in [3.8, 4) is 0 Å². The summed E-state index contributed by atoms with van der Waals surface area (Å²) >= 11 is 0. The highest BCUT2D eigenvalue weighted by atomic mass is 28.3. The zero-order valence-corrected chi connectivity index (χ0v) is 23.1. The molecule has 0 aliphatic heterocycles. The highest BCUT2D eigenvalue weighted by Gasteiger charge is 2.79. The van der Waals surface area contributed by atoms with Gasteiger partial charge < -0.3 is 0 Å². The lowest BCUT2D eigenvalue weighted by molar-refractivity contribution is -0.143. The van der Waals surface area contributed by atoms with Crippen molar-refractivity contribution in [1.82, 2.24) is 0 Å². The molecule has 180 valence electrons. The molecule has 3 rings (SSSR count). The molecule has 32 heavy (non-hydrogen) atoms. The molecule has 0 amide bonds. The van der Waals surface area contributed by atoms with Crippen molar-refractivity contribution in [2.75, 3.05) is 0 Å². The first-order valence-corrected chi connectivity index (χ1v) is 21.3. The van der Waals surface area contributed by atoms with Crippen LogP contribution < -0.4 is 0 Å². The normalized spacial score (nSPS) is 26.6. The molecular formula is C22H31F7Si3. The summed E-state index contributed by atoms with van der Waals surface area (Å²) in [6, 6.07) is 0. The van der Waals surface area contributed by atoms with E-state index in [9.17, 15) is 22.0 Å². The van der Waals surface area contributed by atoms with E-state index in [-0.39, 0.29) is 10.6 Å². The molecule has 0 aromatic heterocycles. The van der Waals surface area contributed by atoms with Crippen molar-refractivity contribution in [2.45, 2.75) is 88.0 Å². The second-order valence-electron chi connectivity index (χ2n) is 12.3. The predicted molar refractivity (Wildman–Crippen MR) is 123 cm³/mol. The van der Waals surface area contributed by atoms with Crippen LogP contribution in [0.25, 0.3) is 5.57 Å². The molecule has 2 aliphatic carbocycles. The van der Waals surface area contributed by atoms with E-state index < -0.39 is 69.8 Å². The van der Waals surface area contributed by atoms with Gasteiger partial charge in [0.25, 0.3) is 0 Å². The number of rotatable bonds is 4. The second kappa shape index (κ2) is 6.84. The van der Waals surface area contributed by atoms with Crippen molar-refractivity contribution in [3.63, 3.8) is 0 Å². The van der Waals surface area contributed by atoms with Crippen LogP contribution in [0.3, 0.4) is 0 Å². The first kappa shape index (κ1) is 25.7. The Bertz CT molecular complexity index is 993. The van der Waals surface area contributed by atoms with Crippen molar-refractivity contribution >= 4 is 29.8 Å². The Kier molecular flexibility index (Phi) is 5.50. The minimum atomic E-state index is -5.54. The fourth-order valence-electron chi connectivity index (χ4n) is 6.90. The SMILES string of the molecule is C[Si](C)(C)C1=C(c2c(F)c(F)c(C(F)(F)F)c(F)c2F)C2([Si](C)(C)C)CCC12[Si](C)(C)C. The Labute approximate surface area is 188 Å². The predicted octanol–water partition coefficient (Wildman–Crippen LogP) is 8.86. The van der Waals surface area contributed by atoms with E-state index in [1.54, 1.807) is 0 Å². The van der Waals surface area contributed by atoms with E-state index in [0.717, 1.165) is 11.6 Å². The van der Waals surface area contributed by atoms with E-state index in [1.165, 1.54) is 0 Å². The van der Waals surface area contributed by atoms with Gasteiger partial charge in [-0.15, -0.1) is 0 Å². The summed E-state index contributed by atoms with van der Waals surface area (Å²) in [5.74, 6) is -8.56. The van der Waals surface area contributed by atoms with Crippen molar-refractivity contribution in [2.24, 2.45) is 0 Å². The quantitative estimate of drug-likeness (QED) is 0.215. The summed E-state index contributed by atoms with van der Waals surface area (Å²) in [6.07, 6.45) is -4.05. The molecule has 2 unspecified atom stereocenters. The van der Waals surface area contributed by atoms with Gasteiger partial charge in [-0.25, -0.2) is 17.6 Å². The van der Waals surface area contributed by atoms with Gasteiger partial charge in [0.1, 0.15) is 5.56 Å². The van der Waals surface area contributed by atoms with Crippen molar-refractivity contribution < 1.29 is 30.7 Å². The molecule has 0 nitrogen and oxygen atoms in total. The lowest BCUT2D eigenvalue weighted by Crippen LogP contribution is -2.71. The summed E-state index contributed by atoms with van der Waals surface area (Å²) in [7, 11) is -6.54. The average Bonchev–Trinajstić information content (AvgIpc) is 2.51. The van der Waals surface area contributed by atoms with Gasteiger partial charge in [-0.05, 0) is 28.5 Å². The van der Waals surface area contributed by atoms with Gasteiger partial charge in [0, 0.05) is 0 Å². The van der Waals surface area contributed by atoms with Gasteiger partial charge in [-0.3, -0.25) is 0 Å². The molecule has 1 aromatic carbocycles. The maximum Gasteiger partial charge on any atom is 0.422 e. The molecule has 10 heteroatoms. The van der Waals surface area contributed by atoms with Crippen LogP contribution in [0.2, 0.25) is 69.0 Å². The lowest BCUT2D eigenvalue weighted by Gasteiger charge is -2.80. The molecule has 0 bridgehead atoms. The van der Waals surface area contributed by atoms with E-state index in [0.29, 0.717) is 6.42 Å². The number of hydrogen-bond donors (Lipinski definition) is 0. The van der Waals surface area contributed by atoms with Gasteiger partial charge in [0.2, 0.25) is 0 Å². The molecule has 0 radical (unpaired) electrons. The first-order valence-electron chi connectivity index (χ1n) is 10.8. The monoisotopic (exact) mass is 512 g/mol. The minimum Gasteiger partial charge on any atom is -0.203 e. The molecule has 1 fully saturated rings. The molecule has 1 aromatic rings. The Morgan fingerprint density at radius 2 is 1.00 bits per heavy atom. The van der Waals surface area contributed by atoms with Gasteiger partial charge in [0.05, 0.1) is 29.8 Å². The van der Waals surface area contributed by atoms with Gasteiger partial charge in [-0.2, -0.15) is 13.2 Å². The van der Waals surface area contributed by atoms with Crippen LogP contribution in [-0.2, 0) is 6.18 Å². The van der Waals surface area contributed by atoms with Crippen molar-refractivity contribution in [1.29, 1.82) is 0 Å². The summed E-state index contributed by atoms with van der Waals surface area (Å²) < 4.78 is 99.4. The number of halogens is 7. The average molecular weight is 513 g/mol. The van der Waals surface area contributed by atoms with Crippen LogP contribution in [0.4, 0.5) is 30.7 Å². The molecule has 2 atom stereocenters. The largest absolute Gasteiger partial charge is 0.422 e. The first-order chi connectivity index (χ1) is 14.1. The highest BCUT2D eigenvalue weighted by molar-refractivity contribution is 6.96. The zero-order chi connectivity index (χ0) is 25.0. The van der Waals surface area contributed by atoms with Gasteiger partial charge in [-0.1, -0.05) is 64.1 Å². The van der Waals surface area contributed by atoms with Crippen LogP contribution in [0.1, 0.15) is 24.0 Å². The van der Waals surface area contributed by atoms with Crippen molar-refractivity contribution in [3.05, 3.63) is 39.6 Å². The molecule has 0 saturated heterocycles. The second-order valence-corrected chi connectivity index (χ2v) is 28.0. The number of allylic oxidation sites excluding steroid dienone is 2. The van der Waals surface area contributed by atoms with E-state index >= 15 is 8.78 Å². The van der Waals surface area contributed by atoms with E-state index in [1.807, 2.05) is 19.6 Å². The number of fused-ring (bicyclic) bond motifs is 1. The molecule has 0 spiro atoms. The van der Waals surface area contributed by atoms with E-state index in [4.69, 9.17) is 0 Å². The number of hydrogen-bond acceptors (Lipinski definition) is 0. The third kappa shape index (κ3) is 2.90. The van der Waals surface area contributed by atoms with Crippen LogP contribution in [-0.4, -0.2) is 24.2 Å². The van der Waals surface area contributed by atoms with Crippen LogP contribution in [0.15, 0.2) is 5.20 Å². The third-order valence-corrected chi connectivity index (χ3v) is 17.5. The Morgan fingerprint density at radius 1 is 0.625 bits per heavy atom. The summed E-state index contributed by atoms with van der Waals surface area (Å²) in [4.78, 5) is 0. The van der Waals surface area contributed by atoms with Gasteiger partial charge >= 0.3 is 6.18 Å². The molecule has 0 N–H and O–H groups in total. The maximum absolute atomic E-state index is 15.3. The standard InChI is InChI=1S/C22H31F7Si3/c1-30(2,3)19-13(20(31(4,5)6)10-11-21(19,20)32(7,8)9)12-15(23)17(25)14(22(27,28)29)18(26)16(12)24/h10-11H2,1-9H3. The molecular weight excluding hydrogens is 481 g/mol. The fraction of sp³-hybridized carbons (Fsp3) is 0.636. The Hall–Kier alpha value is -0.879. The Morgan fingerprint density at radius 3 is 1.25 bits per heavy atom. The molecule has 2 aliphatic rings. The summed E-state index contributed by atoms with van der Waals surface area (Å²) in [5.41, 5.74) is -3.12. The summed E-state index contributed by atoms with van der Waals surface area (Å²) in [5, 5.41) is 0.0355. The lowest BCUT2D eigenvalue weighted by atomic mass is 9.56. The zero-order valence-electron chi connectivity index (χ0n) is 20.1. The third-order valence-electron chi connectivity index (χ3n) is 7.81. The highest BCUT2D eigenvalue weighted by Crippen LogP contribution is 2.91.